The molecule has 1 aromatic carbocycles. The predicted molar refractivity (Wildman–Crippen MR) is 67.7 cm³/mol. The molecule has 0 unspecified atom stereocenters. The van der Waals surface area contributed by atoms with Crippen LogP contribution in [0.15, 0.2) is 35.0 Å². The van der Waals surface area contributed by atoms with Crippen LogP contribution in [0, 0.1) is 5.82 Å². The fourth-order valence-corrected chi connectivity index (χ4v) is 2.20. The second-order valence-electron chi connectivity index (χ2n) is 3.89. The number of halogens is 1. The first-order valence-electron chi connectivity index (χ1n) is 5.35. The lowest BCUT2D eigenvalue weighted by atomic mass is 10.1. The Morgan fingerprint density at radius 2 is 2.24 bits per heavy atom. The standard InChI is InChI=1S/C13H14FNOS/c1-9(15)12-6-11(14)2-3-13(12)16-7-10-4-5-17-8-10/h2-6,8-9H,7,15H2,1H3/t9-/m1/s1. The van der Waals surface area contributed by atoms with Crippen molar-refractivity contribution >= 4 is 11.3 Å². The van der Waals surface area contributed by atoms with E-state index in [4.69, 9.17) is 10.5 Å². The largest absolute Gasteiger partial charge is 0.489 e. The number of nitrogens with two attached hydrogens (primary N) is 1. The molecule has 2 nitrogen and oxygen atoms in total. The van der Waals surface area contributed by atoms with Gasteiger partial charge in [0.1, 0.15) is 18.2 Å². The highest BCUT2D eigenvalue weighted by atomic mass is 32.1. The van der Waals surface area contributed by atoms with Crippen LogP contribution < -0.4 is 10.5 Å². The van der Waals surface area contributed by atoms with E-state index < -0.39 is 0 Å². The van der Waals surface area contributed by atoms with Crippen LogP contribution in [-0.4, -0.2) is 0 Å². The molecule has 2 aromatic rings. The Bertz CT molecular complexity index is 482. The Hall–Kier alpha value is -1.39. The second-order valence-corrected chi connectivity index (χ2v) is 4.67. The third-order valence-electron chi connectivity index (χ3n) is 2.44. The fourth-order valence-electron chi connectivity index (χ4n) is 1.54. The molecule has 0 spiro atoms. The second kappa shape index (κ2) is 5.29. The molecular weight excluding hydrogens is 237 g/mol. The van der Waals surface area contributed by atoms with Crippen molar-refractivity contribution in [3.63, 3.8) is 0 Å². The summed E-state index contributed by atoms with van der Waals surface area (Å²) in [6.45, 7) is 2.29. The van der Waals surface area contributed by atoms with Crippen LogP contribution in [-0.2, 0) is 6.61 Å². The summed E-state index contributed by atoms with van der Waals surface area (Å²) < 4.78 is 18.8. The summed E-state index contributed by atoms with van der Waals surface area (Å²) in [7, 11) is 0. The van der Waals surface area contributed by atoms with Crippen molar-refractivity contribution in [3.05, 3.63) is 52.0 Å². The molecule has 17 heavy (non-hydrogen) atoms. The van der Waals surface area contributed by atoms with E-state index in [9.17, 15) is 4.39 Å². The molecule has 1 heterocycles. The Morgan fingerprint density at radius 3 is 2.88 bits per heavy atom. The van der Waals surface area contributed by atoms with Gasteiger partial charge in [-0.2, -0.15) is 11.3 Å². The van der Waals surface area contributed by atoms with E-state index in [1.165, 1.54) is 12.1 Å². The molecule has 2 rings (SSSR count). The average molecular weight is 251 g/mol. The molecule has 0 amide bonds. The normalized spacial score (nSPS) is 12.4. The molecule has 0 bridgehead atoms. The van der Waals surface area contributed by atoms with Crippen molar-refractivity contribution in [2.75, 3.05) is 0 Å². The lowest BCUT2D eigenvalue weighted by Crippen LogP contribution is -2.08. The molecule has 0 saturated carbocycles. The van der Waals surface area contributed by atoms with Gasteiger partial charge in [0.15, 0.2) is 0 Å². The van der Waals surface area contributed by atoms with E-state index in [2.05, 4.69) is 0 Å². The van der Waals surface area contributed by atoms with E-state index in [0.717, 1.165) is 5.56 Å². The molecule has 4 heteroatoms. The zero-order chi connectivity index (χ0) is 12.3. The molecule has 0 radical (unpaired) electrons. The van der Waals surface area contributed by atoms with Gasteiger partial charge in [-0.15, -0.1) is 0 Å². The summed E-state index contributed by atoms with van der Waals surface area (Å²) >= 11 is 1.62. The van der Waals surface area contributed by atoms with Crippen LogP contribution in [0.5, 0.6) is 5.75 Å². The first-order chi connectivity index (χ1) is 8.16. The van der Waals surface area contributed by atoms with E-state index in [1.807, 2.05) is 23.8 Å². The van der Waals surface area contributed by atoms with Gasteiger partial charge in [0.2, 0.25) is 0 Å². The van der Waals surface area contributed by atoms with Crippen LogP contribution in [0.2, 0.25) is 0 Å². The van der Waals surface area contributed by atoms with E-state index in [0.29, 0.717) is 17.9 Å². The molecule has 0 fully saturated rings. The van der Waals surface area contributed by atoms with Crippen LogP contribution in [0.4, 0.5) is 4.39 Å². The molecule has 1 atom stereocenters. The average Bonchev–Trinajstić information content (AvgIpc) is 2.80. The highest BCUT2D eigenvalue weighted by Gasteiger charge is 2.09. The maximum atomic E-state index is 13.1. The number of thiophene rings is 1. The molecule has 0 aliphatic rings. The number of ether oxygens (including phenoxy) is 1. The maximum Gasteiger partial charge on any atom is 0.124 e. The highest BCUT2D eigenvalue weighted by Crippen LogP contribution is 2.25. The van der Waals surface area contributed by atoms with Crippen LogP contribution in [0.25, 0.3) is 0 Å². The highest BCUT2D eigenvalue weighted by molar-refractivity contribution is 7.07. The van der Waals surface area contributed by atoms with Gasteiger partial charge in [0.05, 0.1) is 0 Å². The zero-order valence-corrected chi connectivity index (χ0v) is 10.3. The predicted octanol–water partition coefficient (Wildman–Crippen LogP) is 3.49. The van der Waals surface area contributed by atoms with Gasteiger partial charge >= 0.3 is 0 Å². The SMILES string of the molecule is C[C@@H](N)c1cc(F)ccc1OCc1ccsc1. The molecule has 2 N–H and O–H groups in total. The molecular formula is C13H14FNOS. The summed E-state index contributed by atoms with van der Waals surface area (Å²) in [4.78, 5) is 0. The zero-order valence-electron chi connectivity index (χ0n) is 9.52. The monoisotopic (exact) mass is 251 g/mol. The fraction of sp³-hybridized carbons (Fsp3) is 0.231. The molecule has 0 aliphatic carbocycles. The van der Waals surface area contributed by atoms with Crippen LogP contribution >= 0.6 is 11.3 Å². The first-order valence-corrected chi connectivity index (χ1v) is 6.30. The third kappa shape index (κ3) is 3.05. The molecule has 90 valence electrons. The van der Waals surface area contributed by atoms with Crippen molar-refractivity contribution in [2.45, 2.75) is 19.6 Å². The topological polar surface area (TPSA) is 35.2 Å². The van der Waals surface area contributed by atoms with Crippen molar-refractivity contribution < 1.29 is 9.13 Å². The summed E-state index contributed by atoms with van der Waals surface area (Å²) in [5.74, 6) is 0.354. The van der Waals surface area contributed by atoms with Gasteiger partial charge in [-0.25, -0.2) is 4.39 Å². The maximum absolute atomic E-state index is 13.1. The number of hydrogen-bond acceptors (Lipinski definition) is 3. The van der Waals surface area contributed by atoms with Crippen molar-refractivity contribution in [1.82, 2.24) is 0 Å². The van der Waals surface area contributed by atoms with E-state index in [-0.39, 0.29) is 11.9 Å². The van der Waals surface area contributed by atoms with Gasteiger partial charge < -0.3 is 10.5 Å². The smallest absolute Gasteiger partial charge is 0.124 e. The minimum absolute atomic E-state index is 0.247. The minimum atomic E-state index is -0.291. The van der Waals surface area contributed by atoms with Crippen LogP contribution in [0.3, 0.4) is 0 Å². The number of hydrogen-bond donors (Lipinski definition) is 1. The number of rotatable bonds is 4. The minimum Gasteiger partial charge on any atom is -0.489 e. The first kappa shape index (κ1) is 12.1. The van der Waals surface area contributed by atoms with Gasteiger partial charge in [-0.3, -0.25) is 0 Å². The Morgan fingerprint density at radius 1 is 1.41 bits per heavy atom. The lowest BCUT2D eigenvalue weighted by molar-refractivity contribution is 0.301. The third-order valence-corrected chi connectivity index (χ3v) is 3.17. The summed E-state index contributed by atoms with van der Waals surface area (Å²) in [5, 5.41) is 4.02. The Kier molecular flexibility index (Phi) is 3.76. The van der Waals surface area contributed by atoms with E-state index in [1.54, 1.807) is 17.4 Å². The van der Waals surface area contributed by atoms with Gasteiger partial charge in [0.25, 0.3) is 0 Å². The van der Waals surface area contributed by atoms with Gasteiger partial charge in [-0.1, -0.05) is 0 Å². The summed E-state index contributed by atoms with van der Waals surface area (Å²) in [5.41, 5.74) is 7.59. The van der Waals surface area contributed by atoms with Crippen molar-refractivity contribution in [1.29, 1.82) is 0 Å². The molecule has 1 aromatic heterocycles. The number of benzene rings is 1. The Labute approximate surface area is 104 Å². The summed E-state index contributed by atoms with van der Waals surface area (Å²) in [6.07, 6.45) is 0. The lowest BCUT2D eigenvalue weighted by Gasteiger charge is -2.13. The van der Waals surface area contributed by atoms with Gasteiger partial charge in [0, 0.05) is 11.6 Å². The quantitative estimate of drug-likeness (QED) is 0.902. The molecule has 0 saturated heterocycles. The molecule has 0 aliphatic heterocycles. The van der Waals surface area contributed by atoms with Gasteiger partial charge in [-0.05, 0) is 47.5 Å². The summed E-state index contributed by atoms with van der Waals surface area (Å²) in [6, 6.07) is 6.19. The van der Waals surface area contributed by atoms with Crippen molar-refractivity contribution in [3.8, 4) is 5.75 Å². The van der Waals surface area contributed by atoms with Crippen LogP contribution in [0.1, 0.15) is 24.1 Å². The van der Waals surface area contributed by atoms with Crippen molar-refractivity contribution in [2.24, 2.45) is 5.73 Å². The Balaban J connectivity index is 2.14. The van der Waals surface area contributed by atoms with E-state index >= 15 is 0 Å².